The average Bonchev–Trinajstić information content (AvgIpc) is 3.33. The molecule has 0 heterocycles. The molecule has 1 atom stereocenters. The molecule has 0 radical (unpaired) electrons. The van der Waals surface area contributed by atoms with E-state index in [1.165, 1.54) is 42.4 Å². The second-order valence-corrected chi connectivity index (χ2v) is 9.71. The van der Waals surface area contributed by atoms with Crippen molar-refractivity contribution in [3.63, 3.8) is 0 Å². The zero-order valence-electron chi connectivity index (χ0n) is 18.3. The highest BCUT2D eigenvalue weighted by molar-refractivity contribution is 9.10. The molecule has 0 amide bonds. The third kappa shape index (κ3) is 5.58. The topological polar surface area (TPSA) is 21.3 Å². The Kier molecular flexibility index (Phi) is 7.47. The molecule has 0 saturated heterocycles. The van der Waals surface area contributed by atoms with Crippen LogP contribution in [0.1, 0.15) is 55.7 Å². The lowest BCUT2D eigenvalue weighted by molar-refractivity contribution is 0.295. The molecular weight excluding hydrogens is 446 g/mol. The van der Waals surface area contributed by atoms with Crippen molar-refractivity contribution < 1.29 is 4.74 Å². The van der Waals surface area contributed by atoms with E-state index in [1.807, 2.05) is 6.07 Å². The van der Waals surface area contributed by atoms with E-state index in [-0.39, 0.29) is 5.41 Å². The number of halogens is 1. The van der Waals surface area contributed by atoms with Gasteiger partial charge >= 0.3 is 0 Å². The maximum absolute atomic E-state index is 6.38. The quantitative estimate of drug-likeness (QED) is 0.350. The molecular formula is C28H32BrNO. The number of ether oxygens (including phenoxy) is 1. The Bertz CT molecular complexity index is 953. The summed E-state index contributed by atoms with van der Waals surface area (Å²) in [5.41, 5.74) is 3.59. The van der Waals surface area contributed by atoms with Crippen molar-refractivity contribution in [2.24, 2.45) is 0 Å². The first kappa shape index (κ1) is 22.1. The Morgan fingerprint density at radius 3 is 2.32 bits per heavy atom. The van der Waals surface area contributed by atoms with E-state index in [0.717, 1.165) is 23.2 Å². The van der Waals surface area contributed by atoms with Crippen molar-refractivity contribution in [3.05, 3.63) is 100 Å². The van der Waals surface area contributed by atoms with E-state index in [2.05, 4.69) is 101 Å². The van der Waals surface area contributed by atoms with Crippen LogP contribution in [0.15, 0.2) is 83.3 Å². The van der Waals surface area contributed by atoms with E-state index in [4.69, 9.17) is 4.74 Å². The molecule has 3 aromatic rings. The van der Waals surface area contributed by atoms with E-state index in [1.54, 1.807) is 0 Å². The predicted octanol–water partition coefficient (Wildman–Crippen LogP) is 7.26. The van der Waals surface area contributed by atoms with Crippen molar-refractivity contribution in [2.75, 3.05) is 6.54 Å². The maximum Gasteiger partial charge on any atom is 0.123 e. The van der Waals surface area contributed by atoms with Gasteiger partial charge in [0.2, 0.25) is 0 Å². The highest BCUT2D eigenvalue weighted by Gasteiger charge is 2.32. The molecule has 31 heavy (non-hydrogen) atoms. The van der Waals surface area contributed by atoms with Gasteiger partial charge in [0, 0.05) is 21.5 Å². The van der Waals surface area contributed by atoms with Crippen LogP contribution >= 0.6 is 15.9 Å². The molecule has 4 rings (SSSR count). The van der Waals surface area contributed by atoms with Gasteiger partial charge in [-0.05, 0) is 55.1 Å². The summed E-state index contributed by atoms with van der Waals surface area (Å²) in [7, 11) is 0. The molecule has 162 valence electrons. The first-order valence-corrected chi connectivity index (χ1v) is 12.2. The van der Waals surface area contributed by atoms with Crippen LogP contribution in [0.5, 0.6) is 5.75 Å². The Morgan fingerprint density at radius 2 is 1.61 bits per heavy atom. The smallest absolute Gasteiger partial charge is 0.123 e. The van der Waals surface area contributed by atoms with Gasteiger partial charge in [-0.2, -0.15) is 0 Å². The second-order valence-electron chi connectivity index (χ2n) is 8.80. The lowest BCUT2D eigenvalue weighted by Crippen LogP contribution is -2.33. The summed E-state index contributed by atoms with van der Waals surface area (Å²) in [6, 6.07) is 28.3. The molecule has 1 unspecified atom stereocenters. The van der Waals surface area contributed by atoms with Crippen molar-refractivity contribution in [1.29, 1.82) is 0 Å². The van der Waals surface area contributed by atoms with Gasteiger partial charge in [-0.3, -0.25) is 0 Å². The highest BCUT2D eigenvalue weighted by Crippen LogP contribution is 2.41. The van der Waals surface area contributed by atoms with Crippen LogP contribution in [0.3, 0.4) is 0 Å². The molecule has 1 saturated carbocycles. The summed E-state index contributed by atoms with van der Waals surface area (Å²) in [4.78, 5) is 0. The first-order chi connectivity index (χ1) is 15.1. The van der Waals surface area contributed by atoms with Crippen LogP contribution in [0.2, 0.25) is 0 Å². The fraction of sp³-hybridized carbons (Fsp3) is 0.357. The monoisotopic (exact) mass is 477 g/mol. The van der Waals surface area contributed by atoms with Crippen LogP contribution < -0.4 is 10.1 Å². The molecule has 1 N–H and O–H groups in total. The molecule has 3 heteroatoms. The zero-order valence-corrected chi connectivity index (χ0v) is 19.9. The molecule has 1 fully saturated rings. The van der Waals surface area contributed by atoms with Gasteiger partial charge in [-0.15, -0.1) is 0 Å². The van der Waals surface area contributed by atoms with Crippen molar-refractivity contribution >= 4 is 15.9 Å². The average molecular weight is 478 g/mol. The summed E-state index contributed by atoms with van der Waals surface area (Å²) in [5, 5.41) is 3.82. The number of benzene rings is 3. The van der Waals surface area contributed by atoms with E-state index in [0.29, 0.717) is 12.6 Å². The third-order valence-corrected chi connectivity index (χ3v) is 7.09. The fourth-order valence-corrected chi connectivity index (χ4v) is 5.05. The van der Waals surface area contributed by atoms with Crippen molar-refractivity contribution in [2.45, 2.75) is 57.1 Å². The van der Waals surface area contributed by atoms with Gasteiger partial charge in [-0.25, -0.2) is 0 Å². The highest BCUT2D eigenvalue weighted by atomic mass is 79.9. The number of hydrogen-bond acceptors (Lipinski definition) is 2. The molecule has 0 bridgehead atoms. The first-order valence-electron chi connectivity index (χ1n) is 11.4. The van der Waals surface area contributed by atoms with Crippen LogP contribution in [0, 0.1) is 0 Å². The van der Waals surface area contributed by atoms with Gasteiger partial charge in [0.15, 0.2) is 0 Å². The Labute approximate surface area is 195 Å². The van der Waals surface area contributed by atoms with Crippen LogP contribution in [-0.2, 0) is 12.0 Å². The number of hydrogen-bond donors (Lipinski definition) is 1. The van der Waals surface area contributed by atoms with E-state index >= 15 is 0 Å². The van der Waals surface area contributed by atoms with Crippen LogP contribution in [-0.4, -0.2) is 12.6 Å². The predicted molar refractivity (Wildman–Crippen MR) is 133 cm³/mol. The van der Waals surface area contributed by atoms with Crippen LogP contribution in [0.4, 0.5) is 0 Å². The van der Waals surface area contributed by atoms with Gasteiger partial charge in [0.25, 0.3) is 0 Å². The van der Waals surface area contributed by atoms with Crippen molar-refractivity contribution in [1.82, 2.24) is 5.32 Å². The molecule has 2 nitrogen and oxygen atoms in total. The summed E-state index contributed by atoms with van der Waals surface area (Å²) in [6.07, 6.45) is 6.36. The Morgan fingerprint density at radius 1 is 0.935 bits per heavy atom. The molecule has 1 aliphatic rings. The fourth-order valence-electron chi connectivity index (χ4n) is 4.69. The second kappa shape index (κ2) is 10.5. The van der Waals surface area contributed by atoms with Gasteiger partial charge < -0.3 is 10.1 Å². The Hall–Kier alpha value is -2.10. The minimum atomic E-state index is -0.150. The molecule has 1 aliphatic carbocycles. The van der Waals surface area contributed by atoms with Gasteiger partial charge in [-0.1, -0.05) is 96.4 Å². The standard InChI is InChI=1S/C28H32BrNO/c1-28(23-12-6-3-7-13-23,18-19-30-25-14-8-9-15-25)26-20-24(29)16-17-27(26)31-21-22-10-4-2-5-11-22/h2-7,10-13,16-17,20,25,30H,8-9,14-15,18-19,21H2,1H3. The van der Waals surface area contributed by atoms with E-state index in [9.17, 15) is 0 Å². The van der Waals surface area contributed by atoms with Gasteiger partial charge in [0.1, 0.15) is 12.4 Å². The SMILES string of the molecule is CC(CCNC1CCCC1)(c1ccccc1)c1cc(Br)ccc1OCc1ccccc1. The largest absolute Gasteiger partial charge is 0.489 e. The zero-order chi connectivity index (χ0) is 21.5. The third-order valence-electron chi connectivity index (χ3n) is 6.60. The molecule has 0 aromatic heterocycles. The lowest BCUT2D eigenvalue weighted by Gasteiger charge is -2.33. The summed E-state index contributed by atoms with van der Waals surface area (Å²) in [6.45, 7) is 3.93. The van der Waals surface area contributed by atoms with E-state index < -0.39 is 0 Å². The summed E-state index contributed by atoms with van der Waals surface area (Å²) >= 11 is 3.71. The minimum absolute atomic E-state index is 0.150. The summed E-state index contributed by atoms with van der Waals surface area (Å²) in [5.74, 6) is 0.958. The number of rotatable bonds is 9. The number of nitrogens with one attached hydrogen (secondary N) is 1. The Balaban J connectivity index is 1.62. The minimum Gasteiger partial charge on any atom is -0.489 e. The lowest BCUT2D eigenvalue weighted by atomic mass is 9.73. The molecule has 0 spiro atoms. The maximum atomic E-state index is 6.38. The molecule has 3 aromatic carbocycles. The summed E-state index contributed by atoms with van der Waals surface area (Å²) < 4.78 is 7.47. The van der Waals surface area contributed by atoms with Crippen LogP contribution in [0.25, 0.3) is 0 Å². The van der Waals surface area contributed by atoms with Crippen molar-refractivity contribution in [3.8, 4) is 5.75 Å². The normalized spacial score (nSPS) is 16.2. The van der Waals surface area contributed by atoms with Gasteiger partial charge in [0.05, 0.1) is 0 Å². The molecule has 0 aliphatic heterocycles.